The first-order chi connectivity index (χ1) is 21.5. The van der Waals surface area contributed by atoms with Crippen molar-refractivity contribution in [1.29, 1.82) is 0 Å². The average Bonchev–Trinajstić information content (AvgIpc) is 3.45. The summed E-state index contributed by atoms with van der Waals surface area (Å²) < 4.78 is 102. The molecule has 3 aromatic rings. The second kappa shape index (κ2) is 13.9. The zero-order valence-electron chi connectivity index (χ0n) is 26.9. The van der Waals surface area contributed by atoms with Crippen LogP contribution in [0.3, 0.4) is 0 Å². The fourth-order valence-corrected chi connectivity index (χ4v) is 7.72. The quantitative estimate of drug-likeness (QED) is 0.142. The standard InChI is InChI=1S/C35H41F6O4S/c1-7-32(6,23(2)3)42-30-21-26(15-17-28(30)44-34(36,37)38)46(25-13-9-8-10-14-25)27-16-18-29(45-35(39,40)41)31(22-27)43-33(24(4)5)19-11-12-20-33/h8-10,13-18,21-24H,7,11-12,19-20H2,1-6H3/q+1. The van der Waals surface area contributed by atoms with E-state index >= 15 is 0 Å². The van der Waals surface area contributed by atoms with E-state index in [1.165, 1.54) is 30.3 Å². The molecule has 1 fully saturated rings. The van der Waals surface area contributed by atoms with Gasteiger partial charge in [0.2, 0.25) is 0 Å². The number of rotatable bonds is 12. The zero-order chi connectivity index (χ0) is 33.9. The molecule has 1 saturated carbocycles. The zero-order valence-corrected chi connectivity index (χ0v) is 27.7. The SMILES string of the molecule is CCC(C)(Oc1cc([S+](c2ccccc2)c2ccc(OC(F)(F)F)c(OC3(C(C)C)CCCC3)c2)ccc1OC(F)(F)F)C(C)C. The van der Waals surface area contributed by atoms with Gasteiger partial charge in [-0.05, 0) is 87.3 Å². The summed E-state index contributed by atoms with van der Waals surface area (Å²) >= 11 is 0. The first kappa shape index (κ1) is 35.6. The molecule has 46 heavy (non-hydrogen) atoms. The van der Waals surface area contributed by atoms with Crippen LogP contribution >= 0.6 is 0 Å². The summed E-state index contributed by atoms with van der Waals surface area (Å²) in [4.78, 5) is 1.95. The second-order valence-corrected chi connectivity index (χ2v) is 14.4. The van der Waals surface area contributed by atoms with E-state index in [1.54, 1.807) is 6.07 Å². The lowest BCUT2D eigenvalue weighted by atomic mass is 9.88. The van der Waals surface area contributed by atoms with Crippen molar-refractivity contribution in [3.05, 3.63) is 66.7 Å². The van der Waals surface area contributed by atoms with Crippen molar-refractivity contribution in [2.75, 3.05) is 0 Å². The molecule has 252 valence electrons. The summed E-state index contributed by atoms with van der Waals surface area (Å²) in [6.45, 7) is 11.5. The van der Waals surface area contributed by atoms with E-state index in [2.05, 4.69) is 9.47 Å². The first-order valence-corrected chi connectivity index (χ1v) is 16.6. The number of ether oxygens (including phenoxy) is 4. The van der Waals surface area contributed by atoms with Crippen LogP contribution in [-0.4, -0.2) is 23.9 Å². The molecule has 0 spiro atoms. The molecule has 0 aliphatic heterocycles. The number of hydrogen-bond acceptors (Lipinski definition) is 4. The third-order valence-corrected chi connectivity index (χ3v) is 11.0. The van der Waals surface area contributed by atoms with Crippen LogP contribution in [0.1, 0.15) is 73.6 Å². The van der Waals surface area contributed by atoms with Crippen molar-refractivity contribution in [3.63, 3.8) is 0 Å². The largest absolute Gasteiger partial charge is 0.573 e. The predicted octanol–water partition coefficient (Wildman–Crippen LogP) is 11.1. The van der Waals surface area contributed by atoms with Gasteiger partial charge in [-0.15, -0.1) is 26.3 Å². The topological polar surface area (TPSA) is 36.9 Å². The molecular weight excluding hydrogens is 630 g/mol. The Morgan fingerprint density at radius 2 is 1.17 bits per heavy atom. The molecule has 0 N–H and O–H groups in total. The Hall–Kier alpha value is -3.21. The smallest absolute Gasteiger partial charge is 0.483 e. The molecule has 2 unspecified atom stereocenters. The van der Waals surface area contributed by atoms with Gasteiger partial charge < -0.3 is 18.9 Å². The van der Waals surface area contributed by atoms with Gasteiger partial charge in [0.05, 0.1) is 10.9 Å². The summed E-state index contributed by atoms with van der Waals surface area (Å²) in [5, 5.41) is 0. The summed E-state index contributed by atoms with van der Waals surface area (Å²) in [6.07, 6.45) is -6.20. The van der Waals surface area contributed by atoms with Crippen LogP contribution in [0.4, 0.5) is 26.3 Å². The third kappa shape index (κ3) is 8.57. The van der Waals surface area contributed by atoms with Crippen molar-refractivity contribution in [2.45, 2.75) is 112 Å². The summed E-state index contributed by atoms with van der Waals surface area (Å²) in [7, 11) is -1.00. The molecule has 0 aromatic heterocycles. The van der Waals surface area contributed by atoms with Crippen molar-refractivity contribution in [3.8, 4) is 23.0 Å². The van der Waals surface area contributed by atoms with Crippen LogP contribution in [0.15, 0.2) is 81.4 Å². The van der Waals surface area contributed by atoms with Gasteiger partial charge in [-0.2, -0.15) is 0 Å². The van der Waals surface area contributed by atoms with Crippen molar-refractivity contribution in [2.24, 2.45) is 11.8 Å². The number of benzene rings is 3. The molecule has 0 bridgehead atoms. The molecule has 2 atom stereocenters. The Balaban J connectivity index is 1.90. The molecule has 11 heteroatoms. The average molecular weight is 672 g/mol. The molecule has 0 heterocycles. The van der Waals surface area contributed by atoms with E-state index in [-0.39, 0.29) is 23.3 Å². The summed E-state index contributed by atoms with van der Waals surface area (Å²) in [5.41, 5.74) is -1.47. The maximum atomic E-state index is 13.5. The number of halogens is 6. The Kier molecular flexibility index (Phi) is 10.8. The van der Waals surface area contributed by atoms with Crippen LogP contribution < -0.4 is 18.9 Å². The van der Waals surface area contributed by atoms with E-state index in [0.29, 0.717) is 29.1 Å². The summed E-state index contributed by atoms with van der Waals surface area (Å²) in [6, 6.07) is 17.8. The van der Waals surface area contributed by atoms with Gasteiger partial charge >= 0.3 is 12.7 Å². The normalized spacial score (nSPS) is 17.1. The van der Waals surface area contributed by atoms with Crippen LogP contribution in [0.2, 0.25) is 0 Å². The molecular formula is C35H41F6O4S+. The highest BCUT2D eigenvalue weighted by Crippen LogP contribution is 2.46. The maximum Gasteiger partial charge on any atom is 0.573 e. The third-order valence-electron chi connectivity index (χ3n) is 8.81. The van der Waals surface area contributed by atoms with Crippen LogP contribution in [0, 0.1) is 11.8 Å². The maximum absolute atomic E-state index is 13.5. The minimum atomic E-state index is -4.95. The van der Waals surface area contributed by atoms with Crippen molar-refractivity contribution >= 4 is 10.9 Å². The van der Waals surface area contributed by atoms with Crippen molar-refractivity contribution in [1.82, 2.24) is 0 Å². The van der Waals surface area contributed by atoms with Gasteiger partial charge in [0, 0.05) is 12.1 Å². The Labute approximate surface area is 269 Å². The van der Waals surface area contributed by atoms with Gasteiger partial charge in [0.15, 0.2) is 37.7 Å². The molecule has 1 aliphatic rings. The lowest BCUT2D eigenvalue weighted by Gasteiger charge is -2.35. The van der Waals surface area contributed by atoms with Crippen LogP contribution in [-0.2, 0) is 10.9 Å². The Morgan fingerprint density at radius 3 is 1.63 bits per heavy atom. The van der Waals surface area contributed by atoms with E-state index in [0.717, 1.165) is 17.7 Å². The second-order valence-electron chi connectivity index (χ2n) is 12.4. The minimum Gasteiger partial charge on any atom is -0.483 e. The Bertz CT molecular complexity index is 1450. The van der Waals surface area contributed by atoms with Gasteiger partial charge in [-0.25, -0.2) is 0 Å². The number of alkyl halides is 6. The highest BCUT2D eigenvalue weighted by atomic mass is 32.2. The molecule has 0 amide bonds. The fourth-order valence-electron chi connectivity index (χ4n) is 5.61. The van der Waals surface area contributed by atoms with Crippen molar-refractivity contribution < 1.29 is 45.3 Å². The molecule has 4 nitrogen and oxygen atoms in total. The minimum absolute atomic E-state index is 0.0273. The van der Waals surface area contributed by atoms with Crippen LogP contribution in [0.5, 0.6) is 23.0 Å². The van der Waals surface area contributed by atoms with Gasteiger partial charge in [-0.1, -0.05) is 52.8 Å². The molecule has 3 aromatic carbocycles. The highest BCUT2D eigenvalue weighted by molar-refractivity contribution is 7.97. The van der Waals surface area contributed by atoms with Gasteiger partial charge in [0.25, 0.3) is 0 Å². The number of hydrogen-bond donors (Lipinski definition) is 0. The molecule has 0 saturated heterocycles. The highest BCUT2D eigenvalue weighted by Gasteiger charge is 2.42. The fraction of sp³-hybridized carbons (Fsp3) is 0.486. The molecule has 1 aliphatic carbocycles. The van der Waals surface area contributed by atoms with E-state index in [1.807, 2.05) is 71.9 Å². The molecule has 0 radical (unpaired) electrons. The van der Waals surface area contributed by atoms with Crippen LogP contribution in [0.25, 0.3) is 0 Å². The summed E-state index contributed by atoms with van der Waals surface area (Å²) in [5.74, 6) is -1.07. The lowest BCUT2D eigenvalue weighted by Crippen LogP contribution is -2.38. The van der Waals surface area contributed by atoms with Gasteiger partial charge in [0.1, 0.15) is 11.2 Å². The van der Waals surface area contributed by atoms with E-state index in [4.69, 9.17) is 9.47 Å². The first-order valence-electron chi connectivity index (χ1n) is 15.4. The monoisotopic (exact) mass is 671 g/mol. The molecule has 4 rings (SSSR count). The van der Waals surface area contributed by atoms with E-state index in [9.17, 15) is 26.3 Å². The van der Waals surface area contributed by atoms with Gasteiger partial charge in [-0.3, -0.25) is 0 Å². The Morgan fingerprint density at radius 1 is 0.674 bits per heavy atom. The predicted molar refractivity (Wildman–Crippen MR) is 166 cm³/mol. The van der Waals surface area contributed by atoms with E-state index < -0.39 is 46.3 Å². The lowest BCUT2D eigenvalue weighted by molar-refractivity contribution is -0.276.